The molecule has 2 heterocycles. The maximum absolute atomic E-state index is 10.6. The van der Waals surface area contributed by atoms with Gasteiger partial charge in [0.15, 0.2) is 0 Å². The Hall–Kier alpha value is -3.52. The Labute approximate surface area is 273 Å². The second-order valence-electron chi connectivity index (χ2n) is 9.84. The monoisotopic (exact) mass is 673 g/mol. The van der Waals surface area contributed by atoms with Gasteiger partial charge in [-0.15, -0.1) is 0 Å². The molecule has 0 saturated carbocycles. The number of nitrogens with zero attached hydrogens (tertiary/aromatic N) is 8. The van der Waals surface area contributed by atoms with Crippen molar-refractivity contribution < 1.29 is 26.9 Å². The summed E-state index contributed by atoms with van der Waals surface area (Å²) in [6.45, 7) is 7.37. The molecule has 0 aromatic heterocycles. The number of non-ortho nitro benzene ring substituents is 2. The van der Waals surface area contributed by atoms with E-state index in [2.05, 4.69) is 30.2 Å². The summed E-state index contributed by atoms with van der Waals surface area (Å²) in [5, 5.41) is 38.7. The van der Waals surface area contributed by atoms with Crippen LogP contribution in [0.2, 0.25) is 0 Å². The third-order valence-electron chi connectivity index (χ3n) is 6.82. The van der Waals surface area contributed by atoms with Crippen molar-refractivity contribution in [2.45, 2.75) is 52.4 Å². The number of rotatable bonds is 6. The van der Waals surface area contributed by atoms with E-state index in [-0.39, 0.29) is 28.4 Å². The van der Waals surface area contributed by atoms with E-state index in [4.69, 9.17) is 25.3 Å². The molecule has 2 aliphatic rings. The summed E-state index contributed by atoms with van der Waals surface area (Å²) in [7, 11) is 0. The van der Waals surface area contributed by atoms with Crippen LogP contribution in [0.25, 0.3) is 0 Å². The molecule has 43 heavy (non-hydrogen) atoms. The molecule has 0 N–H and O–H groups in total. The first-order chi connectivity index (χ1) is 20.2. The van der Waals surface area contributed by atoms with Gasteiger partial charge in [0, 0.05) is 60.8 Å². The minimum atomic E-state index is -0.424. The molecule has 12 nitrogen and oxygen atoms in total. The Kier molecular flexibility index (Phi) is 15.1. The van der Waals surface area contributed by atoms with Gasteiger partial charge in [-0.3, -0.25) is 20.2 Å². The maximum Gasteiger partial charge on any atom is 2.00 e. The van der Waals surface area contributed by atoms with Crippen LogP contribution in [-0.2, 0) is 42.3 Å². The summed E-state index contributed by atoms with van der Waals surface area (Å²) >= 11 is 10.5. The van der Waals surface area contributed by atoms with Crippen molar-refractivity contribution in [1.82, 2.24) is 9.80 Å². The van der Waals surface area contributed by atoms with Crippen molar-refractivity contribution >= 4 is 58.4 Å². The fraction of sp³-hybridized carbons (Fsp3) is 0.429. The molecule has 0 amide bonds. The summed E-state index contributed by atoms with van der Waals surface area (Å²) in [4.78, 5) is 24.5. The van der Waals surface area contributed by atoms with Gasteiger partial charge in [0.1, 0.15) is 0 Å². The van der Waals surface area contributed by atoms with Crippen LogP contribution < -0.4 is 0 Å². The minimum absolute atomic E-state index is 0. The Morgan fingerprint density at radius 2 is 0.907 bits per heavy atom. The van der Waals surface area contributed by atoms with Gasteiger partial charge in [0.25, 0.3) is 11.4 Å². The number of likely N-dealkylation sites (tertiary alicyclic amines) is 2. The molecule has 233 valence electrons. The molecule has 2 aliphatic heterocycles. The second-order valence-corrected chi connectivity index (χ2v) is 10.6. The van der Waals surface area contributed by atoms with Gasteiger partial charge in [0.2, 0.25) is 0 Å². The SMILES string of the molecule is C/C(=N\N=C(/[S-])N1CCCCC1)c1ccc([N+](=O)[O-])cc1.C/C(=N\N=C(/[S-])N1CCCCC1)c1ccc([N+](=O)[O-])cc1.[Cu+2]. The van der Waals surface area contributed by atoms with Crippen LogP contribution in [0.4, 0.5) is 11.4 Å². The van der Waals surface area contributed by atoms with Crippen LogP contribution in [0.1, 0.15) is 63.5 Å². The molecule has 2 fully saturated rings. The van der Waals surface area contributed by atoms with E-state index in [1.54, 1.807) is 24.3 Å². The number of hydrogen-bond acceptors (Lipinski definition) is 10. The molecular formula is C28H34CuN8O4S2. The number of amidine groups is 2. The molecule has 0 unspecified atom stereocenters. The zero-order chi connectivity index (χ0) is 30.5. The van der Waals surface area contributed by atoms with Crippen molar-refractivity contribution in [1.29, 1.82) is 0 Å². The summed E-state index contributed by atoms with van der Waals surface area (Å²) in [6, 6.07) is 12.5. The zero-order valence-corrected chi connectivity index (χ0v) is 26.6. The topological polar surface area (TPSA) is 142 Å². The second kappa shape index (κ2) is 18.2. The molecule has 4 rings (SSSR count). The van der Waals surface area contributed by atoms with Crippen molar-refractivity contribution in [3.8, 4) is 0 Å². The minimum Gasteiger partial charge on any atom is -0.741 e. The van der Waals surface area contributed by atoms with Crippen LogP contribution >= 0.6 is 0 Å². The van der Waals surface area contributed by atoms with Crippen LogP contribution in [0.15, 0.2) is 68.9 Å². The maximum atomic E-state index is 10.6. The van der Waals surface area contributed by atoms with Crippen LogP contribution in [0.3, 0.4) is 0 Å². The Morgan fingerprint density at radius 3 is 1.19 bits per heavy atom. The van der Waals surface area contributed by atoms with Crippen molar-refractivity contribution in [3.63, 3.8) is 0 Å². The van der Waals surface area contributed by atoms with E-state index in [9.17, 15) is 20.2 Å². The quantitative estimate of drug-likeness (QED) is 0.0989. The molecule has 2 aromatic carbocycles. The summed E-state index contributed by atoms with van der Waals surface area (Å²) in [5.74, 6) is 0. The Morgan fingerprint density at radius 1 is 0.605 bits per heavy atom. The van der Waals surface area contributed by atoms with Crippen molar-refractivity contribution in [2.75, 3.05) is 26.2 Å². The fourth-order valence-corrected chi connectivity index (χ4v) is 4.74. The Balaban J connectivity index is 0.000000293. The van der Waals surface area contributed by atoms with E-state index in [0.717, 1.165) is 63.0 Å². The largest absolute Gasteiger partial charge is 2.00 e. The van der Waals surface area contributed by atoms with Crippen LogP contribution in [-0.4, -0.2) is 67.6 Å². The molecule has 15 heteroatoms. The Bertz CT molecular complexity index is 1240. The van der Waals surface area contributed by atoms with Gasteiger partial charge < -0.3 is 35.1 Å². The third kappa shape index (κ3) is 11.6. The first-order valence-corrected chi connectivity index (χ1v) is 14.6. The van der Waals surface area contributed by atoms with E-state index in [1.165, 1.54) is 37.1 Å². The number of piperidine rings is 2. The van der Waals surface area contributed by atoms with Gasteiger partial charge in [-0.2, -0.15) is 20.4 Å². The molecular weight excluding hydrogens is 640 g/mol. The van der Waals surface area contributed by atoms with E-state index >= 15 is 0 Å². The third-order valence-corrected chi connectivity index (χ3v) is 7.50. The number of benzene rings is 2. The standard InChI is InChI=1S/2C14H18N4O2S.Cu/c2*1-11(12-5-7-13(8-6-12)18(19)20)15-16-14(21)17-9-3-2-4-10-17;/h2*5-8H,2-4,9-10H2,1H3,(H,16,21);/q;;+2/p-2/b2*15-11+;. The van der Waals surface area contributed by atoms with E-state index in [1.807, 2.05) is 13.8 Å². The van der Waals surface area contributed by atoms with Crippen molar-refractivity contribution in [2.24, 2.45) is 20.4 Å². The van der Waals surface area contributed by atoms with Gasteiger partial charge in [-0.25, -0.2) is 0 Å². The molecule has 0 atom stereocenters. The number of nitro groups is 2. The predicted octanol–water partition coefficient (Wildman–Crippen LogP) is 5.41. The predicted molar refractivity (Wildman–Crippen MR) is 171 cm³/mol. The summed E-state index contributed by atoms with van der Waals surface area (Å²) < 4.78 is 0. The number of nitro benzene ring substituents is 2. The molecule has 0 bridgehead atoms. The fourth-order valence-electron chi connectivity index (χ4n) is 4.30. The van der Waals surface area contributed by atoms with Gasteiger partial charge >= 0.3 is 17.1 Å². The summed E-state index contributed by atoms with van der Waals surface area (Å²) in [6.07, 6.45) is 7.04. The van der Waals surface area contributed by atoms with Crippen LogP contribution in [0.5, 0.6) is 0 Å². The molecule has 1 radical (unpaired) electrons. The van der Waals surface area contributed by atoms with E-state index in [0.29, 0.717) is 21.8 Å². The zero-order valence-electron chi connectivity index (χ0n) is 24.0. The average Bonchev–Trinajstić information content (AvgIpc) is 3.03. The van der Waals surface area contributed by atoms with E-state index < -0.39 is 9.85 Å². The van der Waals surface area contributed by atoms with Gasteiger partial charge in [-0.05, 0) is 87.8 Å². The van der Waals surface area contributed by atoms with Gasteiger partial charge in [0.05, 0.1) is 21.3 Å². The first kappa shape index (κ1) is 35.7. The molecule has 2 aromatic rings. The molecule has 2 saturated heterocycles. The first-order valence-electron chi connectivity index (χ1n) is 13.7. The smallest absolute Gasteiger partial charge is 0.741 e. The summed E-state index contributed by atoms with van der Waals surface area (Å²) in [5.41, 5.74) is 3.09. The molecule has 0 aliphatic carbocycles. The normalized spacial score (nSPS) is 16.5. The average molecular weight is 674 g/mol. The number of hydrogen-bond donors (Lipinski definition) is 0. The van der Waals surface area contributed by atoms with Gasteiger partial charge in [-0.1, -0.05) is 0 Å². The van der Waals surface area contributed by atoms with Crippen molar-refractivity contribution in [3.05, 3.63) is 79.9 Å². The molecule has 0 spiro atoms. The van der Waals surface area contributed by atoms with Crippen LogP contribution in [0, 0.1) is 20.2 Å².